The van der Waals surface area contributed by atoms with Crippen molar-refractivity contribution in [3.8, 4) is 0 Å². The van der Waals surface area contributed by atoms with Crippen LogP contribution in [-0.2, 0) is 16.1 Å². The summed E-state index contributed by atoms with van der Waals surface area (Å²) in [5.74, 6) is 2.64. The van der Waals surface area contributed by atoms with Gasteiger partial charge in [0.25, 0.3) is 0 Å². The number of nitrogens with zero attached hydrogens (tertiary/aromatic N) is 3. The minimum absolute atomic E-state index is 0.482. The Morgan fingerprint density at radius 3 is 2.74 bits per heavy atom. The maximum absolute atomic E-state index is 5.59. The average molecular weight is 317 g/mol. The summed E-state index contributed by atoms with van der Waals surface area (Å²) in [4.78, 5) is 11.8. The summed E-state index contributed by atoms with van der Waals surface area (Å²) < 4.78 is 10.8. The first-order valence-electron chi connectivity index (χ1n) is 8.90. The van der Waals surface area contributed by atoms with Crippen molar-refractivity contribution in [1.29, 1.82) is 0 Å². The van der Waals surface area contributed by atoms with E-state index in [0.717, 1.165) is 43.0 Å². The van der Waals surface area contributed by atoms with Gasteiger partial charge in [-0.15, -0.1) is 0 Å². The highest BCUT2D eigenvalue weighted by Crippen LogP contribution is 2.57. The van der Waals surface area contributed by atoms with E-state index in [1.54, 1.807) is 7.11 Å². The van der Waals surface area contributed by atoms with Gasteiger partial charge in [0.1, 0.15) is 12.4 Å². The van der Waals surface area contributed by atoms with Gasteiger partial charge in [-0.1, -0.05) is 6.42 Å². The molecule has 126 valence electrons. The molecule has 2 aliphatic heterocycles. The Bertz CT molecular complexity index is 567. The Balaban J connectivity index is 1.60. The van der Waals surface area contributed by atoms with Crippen LogP contribution in [0.15, 0.2) is 6.07 Å². The van der Waals surface area contributed by atoms with E-state index in [1.807, 2.05) is 6.92 Å². The Hall–Kier alpha value is -1.20. The standard InChI is InChI=1S/C18H27N3O2/c1-13-10-16(20-15(19-13)11-22-2)21-12-18(6-3-7-18)17(21)14-4-8-23-9-5-14/h10,14,17H,3-9,11-12H2,1-2H3/t17-/m1/s1. The molecule has 5 nitrogen and oxygen atoms in total. The second-order valence-electron chi connectivity index (χ2n) is 7.46. The Morgan fingerprint density at radius 2 is 2.09 bits per heavy atom. The lowest BCUT2D eigenvalue weighted by Gasteiger charge is -2.65. The van der Waals surface area contributed by atoms with Gasteiger partial charge >= 0.3 is 0 Å². The van der Waals surface area contributed by atoms with Crippen LogP contribution in [0.5, 0.6) is 0 Å². The lowest BCUT2D eigenvalue weighted by Crippen LogP contribution is -2.70. The number of hydrogen-bond donors (Lipinski definition) is 0. The van der Waals surface area contributed by atoms with E-state index < -0.39 is 0 Å². The number of ether oxygens (including phenoxy) is 2. The molecule has 0 aromatic carbocycles. The maximum Gasteiger partial charge on any atom is 0.156 e. The average Bonchev–Trinajstić information content (AvgIpc) is 2.46. The molecule has 1 aromatic heterocycles. The monoisotopic (exact) mass is 317 g/mol. The van der Waals surface area contributed by atoms with Crippen molar-refractivity contribution < 1.29 is 9.47 Å². The van der Waals surface area contributed by atoms with Crippen molar-refractivity contribution in [3.05, 3.63) is 17.6 Å². The summed E-state index contributed by atoms with van der Waals surface area (Å²) in [5.41, 5.74) is 1.59. The van der Waals surface area contributed by atoms with Crippen LogP contribution in [0.3, 0.4) is 0 Å². The normalized spacial score (nSPS) is 26.9. The molecule has 5 heteroatoms. The Morgan fingerprint density at radius 1 is 1.30 bits per heavy atom. The van der Waals surface area contributed by atoms with Crippen LogP contribution in [-0.4, -0.2) is 42.9 Å². The summed E-state index contributed by atoms with van der Waals surface area (Å²) in [6.07, 6.45) is 6.56. The molecule has 0 unspecified atom stereocenters. The highest BCUT2D eigenvalue weighted by Gasteiger charge is 2.58. The van der Waals surface area contributed by atoms with Crippen LogP contribution in [0.1, 0.15) is 43.6 Å². The lowest BCUT2D eigenvalue weighted by molar-refractivity contribution is -0.0370. The molecule has 1 spiro atoms. The Kier molecular flexibility index (Phi) is 4.01. The largest absolute Gasteiger partial charge is 0.381 e. The van der Waals surface area contributed by atoms with Crippen molar-refractivity contribution in [2.75, 3.05) is 31.8 Å². The van der Waals surface area contributed by atoms with E-state index in [-0.39, 0.29) is 0 Å². The minimum Gasteiger partial charge on any atom is -0.381 e. The molecule has 0 bridgehead atoms. The van der Waals surface area contributed by atoms with Gasteiger partial charge in [0.05, 0.1) is 0 Å². The number of aromatic nitrogens is 2. The quantitative estimate of drug-likeness (QED) is 0.854. The zero-order valence-electron chi connectivity index (χ0n) is 14.3. The fourth-order valence-electron chi connectivity index (χ4n) is 4.80. The second kappa shape index (κ2) is 6.02. The van der Waals surface area contributed by atoms with Gasteiger partial charge in [-0.25, -0.2) is 9.97 Å². The SMILES string of the molecule is COCc1nc(C)cc(N2CC3(CCC3)[C@H]2C2CCOCC2)n1. The zero-order valence-corrected chi connectivity index (χ0v) is 14.3. The second-order valence-corrected chi connectivity index (χ2v) is 7.46. The summed E-state index contributed by atoms with van der Waals surface area (Å²) in [6, 6.07) is 2.78. The van der Waals surface area contributed by atoms with Gasteiger partial charge in [-0.05, 0) is 38.5 Å². The third kappa shape index (κ3) is 2.64. The molecule has 1 aromatic rings. The first-order chi connectivity index (χ1) is 11.2. The molecule has 2 saturated heterocycles. The predicted octanol–water partition coefficient (Wildman–Crippen LogP) is 2.72. The van der Waals surface area contributed by atoms with Gasteiger partial charge in [-0.3, -0.25) is 0 Å². The molecule has 4 rings (SSSR count). The van der Waals surface area contributed by atoms with Gasteiger partial charge < -0.3 is 14.4 Å². The van der Waals surface area contributed by atoms with Crippen molar-refractivity contribution in [2.45, 2.75) is 51.7 Å². The number of rotatable bonds is 4. The third-order valence-electron chi connectivity index (χ3n) is 5.96. The van der Waals surface area contributed by atoms with Crippen LogP contribution in [0.2, 0.25) is 0 Å². The lowest BCUT2D eigenvalue weighted by atomic mass is 9.54. The molecule has 1 atom stereocenters. The summed E-state index contributed by atoms with van der Waals surface area (Å²) in [5, 5.41) is 0. The molecule has 1 saturated carbocycles. The van der Waals surface area contributed by atoms with Crippen LogP contribution >= 0.6 is 0 Å². The predicted molar refractivity (Wildman–Crippen MR) is 88.4 cm³/mol. The van der Waals surface area contributed by atoms with E-state index in [0.29, 0.717) is 18.1 Å². The van der Waals surface area contributed by atoms with Gasteiger partial charge in [0.15, 0.2) is 5.82 Å². The summed E-state index contributed by atoms with van der Waals surface area (Å²) in [7, 11) is 1.70. The minimum atomic E-state index is 0.482. The highest BCUT2D eigenvalue weighted by molar-refractivity contribution is 5.48. The van der Waals surface area contributed by atoms with Gasteiger partial charge in [-0.2, -0.15) is 0 Å². The smallest absolute Gasteiger partial charge is 0.156 e. The van der Waals surface area contributed by atoms with Crippen LogP contribution < -0.4 is 4.90 Å². The van der Waals surface area contributed by atoms with Crippen molar-refractivity contribution in [3.63, 3.8) is 0 Å². The van der Waals surface area contributed by atoms with E-state index >= 15 is 0 Å². The molecule has 1 aliphatic carbocycles. The fourth-order valence-corrected chi connectivity index (χ4v) is 4.80. The van der Waals surface area contributed by atoms with Crippen molar-refractivity contribution in [2.24, 2.45) is 11.3 Å². The van der Waals surface area contributed by atoms with E-state index in [2.05, 4.69) is 16.0 Å². The molecule has 0 amide bonds. The molecule has 23 heavy (non-hydrogen) atoms. The number of hydrogen-bond acceptors (Lipinski definition) is 5. The van der Waals surface area contributed by atoms with Gasteiger partial charge in [0.2, 0.25) is 0 Å². The van der Waals surface area contributed by atoms with Crippen molar-refractivity contribution in [1.82, 2.24) is 9.97 Å². The highest BCUT2D eigenvalue weighted by atomic mass is 16.5. The number of aryl methyl sites for hydroxylation is 1. The molecule has 3 fully saturated rings. The van der Waals surface area contributed by atoms with E-state index in [9.17, 15) is 0 Å². The van der Waals surface area contributed by atoms with Crippen LogP contribution in [0.4, 0.5) is 5.82 Å². The van der Waals surface area contributed by atoms with Crippen molar-refractivity contribution >= 4 is 5.82 Å². The molecule has 3 aliphatic rings. The number of anilines is 1. The summed E-state index contributed by atoms with van der Waals surface area (Å²) in [6.45, 7) is 5.53. The first kappa shape index (κ1) is 15.3. The number of methoxy groups -OCH3 is 1. The Labute approximate surface area is 138 Å². The van der Waals surface area contributed by atoms with E-state index in [4.69, 9.17) is 14.5 Å². The fraction of sp³-hybridized carbons (Fsp3) is 0.778. The third-order valence-corrected chi connectivity index (χ3v) is 5.96. The topological polar surface area (TPSA) is 47.5 Å². The molecular formula is C18H27N3O2. The molecule has 0 N–H and O–H groups in total. The van der Waals surface area contributed by atoms with Crippen LogP contribution in [0, 0.1) is 18.3 Å². The molecular weight excluding hydrogens is 290 g/mol. The van der Waals surface area contributed by atoms with Crippen LogP contribution in [0.25, 0.3) is 0 Å². The maximum atomic E-state index is 5.59. The van der Waals surface area contributed by atoms with Gasteiger partial charge in [0, 0.05) is 50.1 Å². The first-order valence-corrected chi connectivity index (χ1v) is 8.90. The summed E-state index contributed by atoms with van der Waals surface area (Å²) >= 11 is 0. The molecule has 3 heterocycles. The zero-order chi connectivity index (χ0) is 15.9. The molecule has 0 radical (unpaired) electrons. The van der Waals surface area contributed by atoms with E-state index in [1.165, 1.54) is 32.1 Å².